The number of amides is 3. The molecule has 8 heteroatoms. The number of aryl methyl sites for hydroxylation is 1. The zero-order valence-corrected chi connectivity index (χ0v) is 20.4. The number of aromatic nitrogens is 2. The highest BCUT2D eigenvalue weighted by Gasteiger charge is 2.27. The van der Waals surface area contributed by atoms with E-state index in [1.165, 1.54) is 11.0 Å². The van der Waals surface area contributed by atoms with Crippen molar-refractivity contribution in [3.05, 3.63) is 107 Å². The van der Waals surface area contributed by atoms with Gasteiger partial charge in [0, 0.05) is 28.6 Å². The molecule has 0 saturated heterocycles. The SMILES string of the molecule is Cc1nn(-c2ccccc2)c(C)c1/C=C/C(=O)Nc1ccc(C(=O)N2CC(=O)Nc3ccccc32)cc1. The van der Waals surface area contributed by atoms with Gasteiger partial charge in [0.2, 0.25) is 11.8 Å². The Kier molecular flexibility index (Phi) is 6.38. The summed E-state index contributed by atoms with van der Waals surface area (Å²) < 4.78 is 1.85. The lowest BCUT2D eigenvalue weighted by Crippen LogP contribution is -2.42. The summed E-state index contributed by atoms with van der Waals surface area (Å²) in [5.41, 5.74) is 5.80. The Hall–Kier alpha value is -4.98. The molecule has 1 aliphatic rings. The van der Waals surface area contributed by atoms with Crippen molar-refractivity contribution in [1.29, 1.82) is 0 Å². The second-order valence-corrected chi connectivity index (χ2v) is 8.69. The molecule has 0 unspecified atom stereocenters. The number of hydrogen-bond acceptors (Lipinski definition) is 4. The van der Waals surface area contributed by atoms with Gasteiger partial charge in [-0.25, -0.2) is 4.68 Å². The van der Waals surface area contributed by atoms with Crippen LogP contribution in [-0.4, -0.2) is 34.0 Å². The van der Waals surface area contributed by atoms with Crippen LogP contribution in [0.5, 0.6) is 0 Å². The number of para-hydroxylation sites is 3. The molecule has 0 aliphatic carbocycles. The molecular weight excluding hydrogens is 466 g/mol. The van der Waals surface area contributed by atoms with Crippen LogP contribution in [0.15, 0.2) is 84.9 Å². The van der Waals surface area contributed by atoms with Crippen LogP contribution in [0.3, 0.4) is 0 Å². The fourth-order valence-corrected chi connectivity index (χ4v) is 4.33. The van der Waals surface area contributed by atoms with Gasteiger partial charge in [0.25, 0.3) is 5.91 Å². The lowest BCUT2D eigenvalue weighted by molar-refractivity contribution is -0.115. The summed E-state index contributed by atoms with van der Waals surface area (Å²) in [4.78, 5) is 39.2. The zero-order valence-electron chi connectivity index (χ0n) is 20.4. The highest BCUT2D eigenvalue weighted by molar-refractivity contribution is 6.15. The van der Waals surface area contributed by atoms with E-state index in [0.717, 1.165) is 22.6 Å². The summed E-state index contributed by atoms with van der Waals surface area (Å²) in [6.07, 6.45) is 3.22. The molecule has 37 heavy (non-hydrogen) atoms. The van der Waals surface area contributed by atoms with Crippen LogP contribution < -0.4 is 15.5 Å². The first-order valence-electron chi connectivity index (χ1n) is 11.8. The molecule has 2 N–H and O–H groups in total. The zero-order chi connectivity index (χ0) is 25.9. The molecule has 0 fully saturated rings. The van der Waals surface area contributed by atoms with Crippen LogP contribution in [0, 0.1) is 13.8 Å². The topological polar surface area (TPSA) is 96.3 Å². The van der Waals surface area contributed by atoms with E-state index in [-0.39, 0.29) is 24.3 Å². The second-order valence-electron chi connectivity index (χ2n) is 8.69. The molecule has 8 nitrogen and oxygen atoms in total. The van der Waals surface area contributed by atoms with Crippen LogP contribution in [-0.2, 0) is 9.59 Å². The molecule has 0 saturated carbocycles. The minimum absolute atomic E-state index is 0.0567. The molecule has 2 heterocycles. The molecule has 3 amide bonds. The maximum atomic E-state index is 13.1. The predicted octanol–water partition coefficient (Wildman–Crippen LogP) is 4.74. The van der Waals surface area contributed by atoms with Crippen LogP contribution in [0.1, 0.15) is 27.3 Å². The molecule has 1 aliphatic heterocycles. The van der Waals surface area contributed by atoms with Gasteiger partial charge in [-0.1, -0.05) is 30.3 Å². The molecule has 0 atom stereocenters. The minimum Gasteiger partial charge on any atom is -0.323 e. The first-order valence-corrected chi connectivity index (χ1v) is 11.8. The van der Waals surface area contributed by atoms with Crippen LogP contribution >= 0.6 is 0 Å². The van der Waals surface area contributed by atoms with Crippen molar-refractivity contribution in [3.8, 4) is 5.69 Å². The van der Waals surface area contributed by atoms with Crippen LogP contribution in [0.4, 0.5) is 17.1 Å². The maximum absolute atomic E-state index is 13.1. The van der Waals surface area contributed by atoms with E-state index >= 15 is 0 Å². The lowest BCUT2D eigenvalue weighted by Gasteiger charge is -2.29. The van der Waals surface area contributed by atoms with E-state index in [9.17, 15) is 14.4 Å². The third kappa shape index (κ3) is 4.90. The van der Waals surface area contributed by atoms with Crippen molar-refractivity contribution in [2.45, 2.75) is 13.8 Å². The van der Waals surface area contributed by atoms with Gasteiger partial charge in [0.1, 0.15) is 6.54 Å². The number of benzene rings is 3. The standard InChI is InChI=1S/C29H25N5O3/c1-19-24(20(2)34(32-19)23-8-4-3-5-9-23)16-17-27(35)30-22-14-12-21(13-15-22)29(37)33-18-28(36)31-25-10-6-7-11-26(25)33/h3-17H,18H2,1-2H3,(H,30,35)(H,31,36)/b17-16+. The summed E-state index contributed by atoms with van der Waals surface area (Å²) in [5.74, 6) is -0.837. The molecule has 184 valence electrons. The van der Waals surface area contributed by atoms with Crippen molar-refractivity contribution >= 4 is 40.9 Å². The predicted molar refractivity (Wildman–Crippen MR) is 144 cm³/mol. The van der Waals surface area contributed by atoms with E-state index in [1.807, 2.05) is 54.9 Å². The van der Waals surface area contributed by atoms with Crippen molar-refractivity contribution in [3.63, 3.8) is 0 Å². The number of anilines is 3. The highest BCUT2D eigenvalue weighted by Crippen LogP contribution is 2.30. The van der Waals surface area contributed by atoms with E-state index in [4.69, 9.17) is 0 Å². The highest BCUT2D eigenvalue weighted by atomic mass is 16.2. The molecule has 1 aromatic heterocycles. The number of carbonyl (C=O) groups is 3. The fraction of sp³-hybridized carbons (Fsp3) is 0.103. The lowest BCUT2D eigenvalue weighted by atomic mass is 10.1. The normalized spacial score (nSPS) is 12.8. The smallest absolute Gasteiger partial charge is 0.258 e. The monoisotopic (exact) mass is 491 g/mol. The van der Waals surface area contributed by atoms with E-state index in [1.54, 1.807) is 48.5 Å². The largest absolute Gasteiger partial charge is 0.323 e. The number of nitrogens with one attached hydrogen (secondary N) is 2. The summed E-state index contributed by atoms with van der Waals surface area (Å²) in [6, 6.07) is 23.6. The molecular formula is C29H25N5O3. The molecule has 0 radical (unpaired) electrons. The number of hydrogen-bond donors (Lipinski definition) is 2. The Morgan fingerprint density at radius 2 is 1.65 bits per heavy atom. The van der Waals surface area contributed by atoms with Gasteiger partial charge in [-0.2, -0.15) is 5.10 Å². The van der Waals surface area contributed by atoms with Crippen molar-refractivity contribution in [1.82, 2.24) is 9.78 Å². The number of fused-ring (bicyclic) bond motifs is 1. The van der Waals surface area contributed by atoms with Gasteiger partial charge in [-0.05, 0) is 68.5 Å². The first kappa shape index (κ1) is 23.7. The van der Waals surface area contributed by atoms with Gasteiger partial charge < -0.3 is 10.6 Å². The first-order chi connectivity index (χ1) is 17.9. The van der Waals surface area contributed by atoms with Crippen molar-refractivity contribution < 1.29 is 14.4 Å². The average Bonchev–Trinajstić information content (AvgIpc) is 3.20. The summed E-state index contributed by atoms with van der Waals surface area (Å²) in [6.45, 7) is 3.81. The van der Waals surface area contributed by atoms with Gasteiger partial charge in [-0.15, -0.1) is 0 Å². The van der Waals surface area contributed by atoms with Crippen LogP contribution in [0.25, 0.3) is 11.8 Å². The van der Waals surface area contributed by atoms with Gasteiger partial charge in [0.15, 0.2) is 0 Å². The van der Waals surface area contributed by atoms with Gasteiger partial charge in [0.05, 0.1) is 22.8 Å². The van der Waals surface area contributed by atoms with E-state index in [2.05, 4.69) is 15.7 Å². The molecule has 4 aromatic rings. The quantitative estimate of drug-likeness (QED) is 0.394. The van der Waals surface area contributed by atoms with Gasteiger partial charge >= 0.3 is 0 Å². The Morgan fingerprint density at radius 1 is 0.946 bits per heavy atom. The number of nitrogens with zero attached hydrogens (tertiary/aromatic N) is 3. The third-order valence-electron chi connectivity index (χ3n) is 6.16. The second kappa shape index (κ2) is 9.94. The summed E-state index contributed by atoms with van der Waals surface area (Å²) in [5, 5.41) is 10.2. The summed E-state index contributed by atoms with van der Waals surface area (Å²) in [7, 11) is 0. The third-order valence-corrected chi connectivity index (χ3v) is 6.16. The van der Waals surface area contributed by atoms with Crippen molar-refractivity contribution in [2.75, 3.05) is 22.1 Å². The Bertz CT molecular complexity index is 1520. The Balaban J connectivity index is 1.27. The Morgan fingerprint density at radius 3 is 2.41 bits per heavy atom. The minimum atomic E-state index is -0.299. The molecule has 0 spiro atoms. The van der Waals surface area contributed by atoms with E-state index < -0.39 is 0 Å². The summed E-state index contributed by atoms with van der Waals surface area (Å²) >= 11 is 0. The Labute approximate surface area is 214 Å². The maximum Gasteiger partial charge on any atom is 0.258 e. The van der Waals surface area contributed by atoms with Crippen LogP contribution in [0.2, 0.25) is 0 Å². The molecule has 5 rings (SSSR count). The average molecular weight is 492 g/mol. The molecule has 0 bridgehead atoms. The fourth-order valence-electron chi connectivity index (χ4n) is 4.33. The van der Waals surface area contributed by atoms with E-state index in [0.29, 0.717) is 22.6 Å². The number of rotatable bonds is 5. The molecule has 3 aromatic carbocycles. The van der Waals surface area contributed by atoms with Gasteiger partial charge in [-0.3, -0.25) is 19.3 Å². The number of carbonyl (C=O) groups excluding carboxylic acids is 3. The van der Waals surface area contributed by atoms with Crippen molar-refractivity contribution in [2.24, 2.45) is 0 Å².